The van der Waals surface area contributed by atoms with Crippen LogP contribution in [0.15, 0.2) is 11.6 Å². The van der Waals surface area contributed by atoms with Gasteiger partial charge in [-0.3, -0.25) is 9.59 Å². The highest BCUT2D eigenvalue weighted by molar-refractivity contribution is 5.69. The molecule has 0 aromatic rings. The van der Waals surface area contributed by atoms with Crippen molar-refractivity contribution < 1.29 is 19.1 Å². The van der Waals surface area contributed by atoms with Crippen molar-refractivity contribution in [2.75, 3.05) is 7.11 Å². The van der Waals surface area contributed by atoms with Gasteiger partial charge in [-0.2, -0.15) is 0 Å². The molecule has 4 nitrogen and oxygen atoms in total. The van der Waals surface area contributed by atoms with Gasteiger partial charge in [-0.1, -0.05) is 32.4 Å². The minimum absolute atomic E-state index is 0.0759. The highest BCUT2D eigenvalue weighted by atomic mass is 16.5. The Morgan fingerprint density at radius 1 is 1.16 bits per heavy atom. The van der Waals surface area contributed by atoms with Crippen molar-refractivity contribution >= 4 is 11.9 Å². The Bertz CT molecular complexity index is 742. The standard InChI is InChI=1S/C27H42O4/c1-17(6-11-25(29)30-5)22-9-10-23-21-8-7-19-16-20(31-18(2)28)12-14-26(19,3)24(21)13-15-27(22,23)4/h13,17,19-23H,6-12,14-16H2,1-5H3/t17-,19-,20-,21?,22-,23?,26+,27-/m1/s1. The molecule has 0 aromatic heterocycles. The number of hydrogen-bond donors (Lipinski definition) is 0. The molecule has 2 unspecified atom stereocenters. The largest absolute Gasteiger partial charge is 0.469 e. The van der Waals surface area contributed by atoms with Gasteiger partial charge >= 0.3 is 11.9 Å². The smallest absolute Gasteiger partial charge is 0.305 e. The number of rotatable bonds is 5. The Hall–Kier alpha value is -1.32. The molecule has 0 radical (unpaired) electrons. The average Bonchev–Trinajstić information content (AvgIpc) is 3.09. The van der Waals surface area contributed by atoms with E-state index in [4.69, 9.17) is 9.47 Å². The molecule has 4 aliphatic rings. The van der Waals surface area contributed by atoms with E-state index in [2.05, 4.69) is 26.8 Å². The second-order valence-electron chi connectivity index (χ2n) is 11.6. The normalized spacial score (nSPS) is 42.5. The van der Waals surface area contributed by atoms with Crippen molar-refractivity contribution in [3.63, 3.8) is 0 Å². The zero-order chi connectivity index (χ0) is 22.4. The van der Waals surface area contributed by atoms with Crippen LogP contribution in [0.5, 0.6) is 0 Å². The first-order valence-electron chi connectivity index (χ1n) is 12.6. The van der Waals surface area contributed by atoms with E-state index < -0.39 is 0 Å². The van der Waals surface area contributed by atoms with E-state index in [1.165, 1.54) is 46.1 Å². The molecular formula is C27H42O4. The molecule has 0 saturated heterocycles. The summed E-state index contributed by atoms with van der Waals surface area (Å²) in [5, 5.41) is 0. The number of allylic oxidation sites excluding steroid dienone is 2. The first kappa shape index (κ1) is 22.9. The predicted molar refractivity (Wildman–Crippen MR) is 121 cm³/mol. The Morgan fingerprint density at radius 2 is 1.94 bits per heavy atom. The summed E-state index contributed by atoms with van der Waals surface area (Å²) in [6.45, 7) is 8.95. The van der Waals surface area contributed by atoms with Gasteiger partial charge in [0.2, 0.25) is 0 Å². The Morgan fingerprint density at radius 3 is 2.65 bits per heavy atom. The van der Waals surface area contributed by atoms with Crippen LogP contribution in [0.25, 0.3) is 0 Å². The molecule has 8 atom stereocenters. The lowest BCUT2D eigenvalue weighted by atomic mass is 9.48. The zero-order valence-corrected chi connectivity index (χ0v) is 20.2. The molecule has 0 amide bonds. The van der Waals surface area contributed by atoms with Gasteiger partial charge in [0.15, 0.2) is 0 Å². The summed E-state index contributed by atoms with van der Waals surface area (Å²) in [4.78, 5) is 23.1. The molecule has 0 heterocycles. The molecule has 0 aromatic carbocycles. The van der Waals surface area contributed by atoms with Crippen LogP contribution >= 0.6 is 0 Å². The summed E-state index contributed by atoms with van der Waals surface area (Å²) >= 11 is 0. The molecule has 4 heteroatoms. The monoisotopic (exact) mass is 430 g/mol. The Kier molecular flexibility index (Phi) is 6.31. The molecule has 3 fully saturated rings. The van der Waals surface area contributed by atoms with Crippen molar-refractivity contribution in [3.05, 3.63) is 11.6 Å². The fraction of sp³-hybridized carbons (Fsp3) is 0.852. The third-order valence-electron chi connectivity index (χ3n) is 10.1. The van der Waals surface area contributed by atoms with Crippen molar-refractivity contribution in [2.24, 2.45) is 40.4 Å². The summed E-state index contributed by atoms with van der Waals surface area (Å²) in [6.07, 6.45) is 13.8. The highest BCUT2D eigenvalue weighted by Gasteiger charge is 2.57. The predicted octanol–water partition coefficient (Wildman–Crippen LogP) is 6.09. The summed E-state index contributed by atoms with van der Waals surface area (Å²) in [7, 11) is 1.49. The highest BCUT2D eigenvalue weighted by Crippen LogP contribution is 2.66. The molecule has 0 bridgehead atoms. The number of carbonyl (C=O) groups excluding carboxylic acids is 2. The lowest BCUT2D eigenvalue weighted by Gasteiger charge is -2.57. The lowest BCUT2D eigenvalue weighted by molar-refractivity contribution is -0.151. The molecule has 4 aliphatic carbocycles. The SMILES string of the molecule is COC(=O)CC[C@@H](C)[C@H]1CCC2C3CC[C@@H]4C[C@H](OC(C)=O)CC[C@]4(C)C3=CC[C@@]21C. The van der Waals surface area contributed by atoms with E-state index in [0.29, 0.717) is 29.6 Å². The Labute approximate surface area is 188 Å². The van der Waals surface area contributed by atoms with Gasteiger partial charge in [-0.15, -0.1) is 0 Å². The maximum Gasteiger partial charge on any atom is 0.305 e. The summed E-state index contributed by atoms with van der Waals surface area (Å²) < 4.78 is 10.5. The third-order valence-corrected chi connectivity index (χ3v) is 10.1. The van der Waals surface area contributed by atoms with E-state index in [-0.39, 0.29) is 23.5 Å². The van der Waals surface area contributed by atoms with Crippen LogP contribution in [0.1, 0.15) is 91.9 Å². The fourth-order valence-electron chi connectivity index (χ4n) is 8.45. The van der Waals surface area contributed by atoms with E-state index >= 15 is 0 Å². The summed E-state index contributed by atoms with van der Waals surface area (Å²) in [5.41, 5.74) is 2.40. The average molecular weight is 431 g/mol. The van der Waals surface area contributed by atoms with Crippen molar-refractivity contribution in [2.45, 2.75) is 98.0 Å². The Balaban J connectivity index is 1.50. The van der Waals surface area contributed by atoms with E-state index in [1.54, 1.807) is 5.57 Å². The van der Waals surface area contributed by atoms with Crippen molar-refractivity contribution in [3.8, 4) is 0 Å². The van der Waals surface area contributed by atoms with Crippen LogP contribution in [0, 0.1) is 40.4 Å². The number of ether oxygens (including phenoxy) is 2. The summed E-state index contributed by atoms with van der Waals surface area (Å²) in [6, 6.07) is 0. The minimum Gasteiger partial charge on any atom is -0.469 e. The van der Waals surface area contributed by atoms with E-state index in [0.717, 1.165) is 37.5 Å². The van der Waals surface area contributed by atoms with Crippen LogP contribution in [-0.2, 0) is 19.1 Å². The minimum atomic E-state index is -0.131. The van der Waals surface area contributed by atoms with Crippen LogP contribution in [0.2, 0.25) is 0 Å². The molecule has 0 spiro atoms. The topological polar surface area (TPSA) is 52.6 Å². The second kappa shape index (κ2) is 8.56. The van der Waals surface area contributed by atoms with Gasteiger partial charge in [-0.25, -0.2) is 0 Å². The first-order chi connectivity index (χ1) is 14.7. The lowest BCUT2D eigenvalue weighted by Crippen LogP contribution is -2.49. The maximum absolute atomic E-state index is 11.7. The fourth-order valence-corrected chi connectivity index (χ4v) is 8.45. The van der Waals surface area contributed by atoms with Gasteiger partial charge in [0.1, 0.15) is 6.10 Å². The third kappa shape index (κ3) is 3.97. The summed E-state index contributed by atoms with van der Waals surface area (Å²) in [5.74, 6) is 3.21. The van der Waals surface area contributed by atoms with Crippen molar-refractivity contribution in [1.29, 1.82) is 0 Å². The number of esters is 2. The van der Waals surface area contributed by atoms with Crippen LogP contribution in [-0.4, -0.2) is 25.2 Å². The van der Waals surface area contributed by atoms with Crippen LogP contribution in [0.4, 0.5) is 0 Å². The van der Waals surface area contributed by atoms with Crippen LogP contribution in [0.3, 0.4) is 0 Å². The molecule has 174 valence electrons. The molecule has 4 rings (SSSR count). The number of carbonyl (C=O) groups is 2. The van der Waals surface area contributed by atoms with Crippen LogP contribution < -0.4 is 0 Å². The molecule has 0 N–H and O–H groups in total. The quantitative estimate of drug-likeness (QED) is 0.391. The first-order valence-corrected chi connectivity index (χ1v) is 12.6. The van der Waals surface area contributed by atoms with E-state index in [9.17, 15) is 9.59 Å². The van der Waals surface area contributed by atoms with Gasteiger partial charge in [0.25, 0.3) is 0 Å². The van der Waals surface area contributed by atoms with Gasteiger partial charge < -0.3 is 9.47 Å². The molecular weight excluding hydrogens is 388 g/mol. The molecule has 0 aliphatic heterocycles. The molecule has 3 saturated carbocycles. The van der Waals surface area contributed by atoms with E-state index in [1.807, 2.05) is 0 Å². The van der Waals surface area contributed by atoms with Gasteiger partial charge in [-0.05, 0) is 98.2 Å². The molecule has 31 heavy (non-hydrogen) atoms. The van der Waals surface area contributed by atoms with Gasteiger partial charge in [0, 0.05) is 13.3 Å². The number of hydrogen-bond acceptors (Lipinski definition) is 4. The second-order valence-corrected chi connectivity index (χ2v) is 11.6. The number of fused-ring (bicyclic) bond motifs is 5. The van der Waals surface area contributed by atoms with Crippen molar-refractivity contribution in [1.82, 2.24) is 0 Å². The van der Waals surface area contributed by atoms with Gasteiger partial charge in [0.05, 0.1) is 7.11 Å². The zero-order valence-electron chi connectivity index (χ0n) is 20.2. The number of methoxy groups -OCH3 is 1. The maximum atomic E-state index is 11.7.